The first-order chi connectivity index (χ1) is 7.19. The Morgan fingerprint density at radius 1 is 1.60 bits per heavy atom. The quantitative estimate of drug-likeness (QED) is 0.488. The van der Waals surface area contributed by atoms with E-state index < -0.39 is 0 Å². The molecule has 2 N–H and O–H groups in total. The molecule has 4 heteroatoms. The number of aldehydes is 1. The molecule has 0 spiro atoms. The number of aryl methyl sites for hydroxylation is 1. The molecular formula is C11H14ClNO2. The second-order valence-electron chi connectivity index (χ2n) is 3.16. The number of carbonyl (C=O) groups is 1. The number of anilines is 1. The molecule has 0 saturated heterocycles. The Morgan fingerprint density at radius 2 is 2.27 bits per heavy atom. The predicted molar refractivity (Wildman–Crippen MR) is 61.7 cm³/mol. The standard InChI is InChI=1S/C11H14ClNO2/c1-3-7-4-8(6-14)10(13)9(5-12)11(7)15-2/h4,6H,3,5,13H2,1-2H3. The lowest BCUT2D eigenvalue weighted by atomic mass is 10.0. The Labute approximate surface area is 94.2 Å². The van der Waals surface area contributed by atoms with Gasteiger partial charge >= 0.3 is 0 Å². The van der Waals surface area contributed by atoms with Gasteiger partial charge in [-0.25, -0.2) is 0 Å². The summed E-state index contributed by atoms with van der Waals surface area (Å²) in [6, 6.07) is 1.75. The number of methoxy groups -OCH3 is 1. The van der Waals surface area contributed by atoms with Gasteiger partial charge in [-0.05, 0) is 18.1 Å². The number of nitrogens with two attached hydrogens (primary N) is 1. The second kappa shape index (κ2) is 5.03. The fraction of sp³-hybridized carbons (Fsp3) is 0.364. The van der Waals surface area contributed by atoms with E-state index in [0.717, 1.165) is 18.3 Å². The van der Waals surface area contributed by atoms with Gasteiger partial charge in [0.15, 0.2) is 6.29 Å². The average Bonchev–Trinajstić information content (AvgIpc) is 2.28. The molecule has 0 aromatic heterocycles. The van der Waals surface area contributed by atoms with Crippen molar-refractivity contribution in [2.24, 2.45) is 0 Å². The van der Waals surface area contributed by atoms with Crippen molar-refractivity contribution in [2.45, 2.75) is 19.2 Å². The summed E-state index contributed by atoms with van der Waals surface area (Å²) in [5.74, 6) is 0.930. The summed E-state index contributed by atoms with van der Waals surface area (Å²) in [5, 5.41) is 0. The van der Waals surface area contributed by atoms with Crippen molar-refractivity contribution >= 4 is 23.6 Å². The molecule has 0 atom stereocenters. The molecule has 0 aliphatic heterocycles. The zero-order chi connectivity index (χ0) is 11.4. The highest BCUT2D eigenvalue weighted by Gasteiger charge is 2.14. The Morgan fingerprint density at radius 3 is 2.67 bits per heavy atom. The van der Waals surface area contributed by atoms with Crippen LogP contribution in [0, 0.1) is 0 Å². The predicted octanol–water partition coefficient (Wildman–Crippen LogP) is 2.39. The molecule has 0 aliphatic carbocycles. The van der Waals surface area contributed by atoms with Crippen molar-refractivity contribution in [2.75, 3.05) is 12.8 Å². The van der Waals surface area contributed by atoms with E-state index in [9.17, 15) is 4.79 Å². The van der Waals surface area contributed by atoms with Crippen molar-refractivity contribution in [3.05, 3.63) is 22.8 Å². The molecule has 0 amide bonds. The SMILES string of the molecule is CCc1cc(C=O)c(N)c(CCl)c1OC. The first-order valence-electron chi connectivity index (χ1n) is 4.68. The molecule has 3 nitrogen and oxygen atoms in total. The van der Waals surface area contributed by atoms with Crippen LogP contribution in [0.5, 0.6) is 5.75 Å². The number of rotatable bonds is 4. The van der Waals surface area contributed by atoms with Crippen molar-refractivity contribution in [3.8, 4) is 5.75 Å². The number of hydrogen-bond donors (Lipinski definition) is 1. The molecule has 82 valence electrons. The van der Waals surface area contributed by atoms with Gasteiger partial charge in [0, 0.05) is 11.1 Å². The summed E-state index contributed by atoms with van der Waals surface area (Å²) < 4.78 is 5.26. The maximum absolute atomic E-state index is 10.8. The van der Waals surface area contributed by atoms with Gasteiger partial charge < -0.3 is 10.5 Å². The summed E-state index contributed by atoms with van der Waals surface area (Å²) in [5.41, 5.74) is 8.34. The number of ether oxygens (including phenoxy) is 1. The third kappa shape index (κ3) is 2.07. The lowest BCUT2D eigenvalue weighted by Gasteiger charge is -2.15. The molecule has 1 aromatic rings. The van der Waals surface area contributed by atoms with Crippen LogP contribution < -0.4 is 10.5 Å². The molecule has 1 aromatic carbocycles. The molecule has 1 rings (SSSR count). The van der Waals surface area contributed by atoms with Gasteiger partial charge in [-0.2, -0.15) is 0 Å². The molecule has 15 heavy (non-hydrogen) atoms. The largest absolute Gasteiger partial charge is 0.496 e. The van der Waals surface area contributed by atoms with E-state index in [0.29, 0.717) is 22.6 Å². The average molecular weight is 228 g/mol. The Hall–Kier alpha value is -1.22. The molecule has 0 radical (unpaired) electrons. The minimum Gasteiger partial charge on any atom is -0.496 e. The highest BCUT2D eigenvalue weighted by atomic mass is 35.5. The molecule has 0 unspecified atom stereocenters. The van der Waals surface area contributed by atoms with E-state index >= 15 is 0 Å². The monoisotopic (exact) mass is 227 g/mol. The van der Waals surface area contributed by atoms with Gasteiger partial charge in [-0.15, -0.1) is 11.6 Å². The Balaban J connectivity index is 3.49. The van der Waals surface area contributed by atoms with Gasteiger partial charge in [0.1, 0.15) is 5.75 Å². The van der Waals surface area contributed by atoms with Crippen LogP contribution >= 0.6 is 11.6 Å². The number of nitrogen functional groups attached to an aromatic ring is 1. The maximum atomic E-state index is 10.8. The van der Waals surface area contributed by atoms with Crippen LogP contribution in [0.15, 0.2) is 6.07 Å². The van der Waals surface area contributed by atoms with E-state index in [1.807, 2.05) is 6.92 Å². The van der Waals surface area contributed by atoms with Crippen LogP contribution in [0.25, 0.3) is 0 Å². The van der Waals surface area contributed by atoms with E-state index in [-0.39, 0.29) is 5.88 Å². The number of hydrogen-bond acceptors (Lipinski definition) is 3. The van der Waals surface area contributed by atoms with E-state index in [4.69, 9.17) is 22.1 Å². The zero-order valence-corrected chi connectivity index (χ0v) is 9.60. The van der Waals surface area contributed by atoms with Crippen molar-refractivity contribution in [1.82, 2.24) is 0 Å². The van der Waals surface area contributed by atoms with Gasteiger partial charge in [0.2, 0.25) is 0 Å². The molecule has 0 aliphatic rings. The van der Waals surface area contributed by atoms with Crippen molar-refractivity contribution < 1.29 is 9.53 Å². The highest BCUT2D eigenvalue weighted by Crippen LogP contribution is 2.33. The summed E-state index contributed by atoms with van der Waals surface area (Å²) in [6.07, 6.45) is 1.51. The van der Waals surface area contributed by atoms with Crippen LogP contribution in [0.1, 0.15) is 28.4 Å². The Kier molecular flexibility index (Phi) is 3.97. The van der Waals surface area contributed by atoms with E-state index in [1.54, 1.807) is 13.2 Å². The minimum absolute atomic E-state index is 0.240. The number of benzene rings is 1. The fourth-order valence-corrected chi connectivity index (χ4v) is 1.83. The third-order valence-electron chi connectivity index (χ3n) is 2.38. The molecule has 0 heterocycles. The first-order valence-corrected chi connectivity index (χ1v) is 5.22. The topological polar surface area (TPSA) is 52.3 Å². The van der Waals surface area contributed by atoms with Crippen molar-refractivity contribution in [3.63, 3.8) is 0 Å². The fourth-order valence-electron chi connectivity index (χ4n) is 1.57. The van der Waals surface area contributed by atoms with Crippen LogP contribution in [-0.4, -0.2) is 13.4 Å². The number of halogens is 1. The van der Waals surface area contributed by atoms with Gasteiger partial charge in [-0.3, -0.25) is 4.79 Å². The summed E-state index contributed by atoms with van der Waals surface area (Å²) in [4.78, 5) is 10.8. The molecule has 0 bridgehead atoms. The minimum atomic E-state index is 0.240. The normalized spacial score (nSPS) is 10.1. The number of carbonyl (C=O) groups excluding carboxylic acids is 1. The number of alkyl halides is 1. The zero-order valence-electron chi connectivity index (χ0n) is 8.84. The van der Waals surface area contributed by atoms with Gasteiger partial charge in [-0.1, -0.05) is 6.92 Å². The first kappa shape index (κ1) is 11.9. The van der Waals surface area contributed by atoms with Gasteiger partial charge in [0.05, 0.1) is 18.7 Å². The second-order valence-corrected chi connectivity index (χ2v) is 3.42. The van der Waals surface area contributed by atoms with Crippen LogP contribution in [0.2, 0.25) is 0 Å². The van der Waals surface area contributed by atoms with Crippen LogP contribution in [0.4, 0.5) is 5.69 Å². The van der Waals surface area contributed by atoms with Gasteiger partial charge in [0.25, 0.3) is 0 Å². The lowest BCUT2D eigenvalue weighted by molar-refractivity contribution is 0.112. The van der Waals surface area contributed by atoms with E-state index in [2.05, 4.69) is 0 Å². The third-order valence-corrected chi connectivity index (χ3v) is 2.64. The summed E-state index contributed by atoms with van der Waals surface area (Å²) in [6.45, 7) is 1.99. The van der Waals surface area contributed by atoms with E-state index in [1.165, 1.54) is 0 Å². The highest BCUT2D eigenvalue weighted by molar-refractivity contribution is 6.18. The summed E-state index contributed by atoms with van der Waals surface area (Å²) >= 11 is 5.80. The lowest BCUT2D eigenvalue weighted by Crippen LogP contribution is -2.04. The maximum Gasteiger partial charge on any atom is 0.152 e. The van der Waals surface area contributed by atoms with Crippen LogP contribution in [0.3, 0.4) is 0 Å². The molecule has 0 fully saturated rings. The van der Waals surface area contributed by atoms with Crippen molar-refractivity contribution in [1.29, 1.82) is 0 Å². The molecule has 0 saturated carbocycles. The molecular weight excluding hydrogens is 214 g/mol. The Bertz CT molecular complexity index is 377. The van der Waals surface area contributed by atoms with Crippen LogP contribution in [-0.2, 0) is 12.3 Å². The smallest absolute Gasteiger partial charge is 0.152 e. The summed E-state index contributed by atoms with van der Waals surface area (Å²) in [7, 11) is 1.57.